The van der Waals surface area contributed by atoms with Crippen LogP contribution in [0.2, 0.25) is 0 Å². The minimum Gasteiger partial charge on any atom is -0.461 e. The van der Waals surface area contributed by atoms with Crippen LogP contribution in [0.3, 0.4) is 0 Å². The van der Waals surface area contributed by atoms with Crippen LogP contribution in [0.1, 0.15) is 112 Å². The first kappa shape index (κ1) is 31.0. The van der Waals surface area contributed by atoms with Gasteiger partial charge in [-0.1, -0.05) is 68.9 Å². The second-order valence-electron chi connectivity index (χ2n) is 8.80. The van der Waals surface area contributed by atoms with E-state index >= 15 is 0 Å². The van der Waals surface area contributed by atoms with Gasteiger partial charge in [-0.15, -0.1) is 0 Å². The van der Waals surface area contributed by atoms with Crippen molar-refractivity contribution in [1.82, 2.24) is 0 Å². The summed E-state index contributed by atoms with van der Waals surface area (Å²) in [6.07, 6.45) is 17.9. The minimum atomic E-state index is -0.651. The highest BCUT2D eigenvalue weighted by Gasteiger charge is 2.17. The van der Waals surface area contributed by atoms with E-state index < -0.39 is 6.16 Å². The second kappa shape index (κ2) is 21.8. The zero-order valence-corrected chi connectivity index (χ0v) is 21.8. The summed E-state index contributed by atoms with van der Waals surface area (Å²) in [5, 5.41) is 0. The first-order valence-electron chi connectivity index (χ1n) is 12.8. The monoisotopic (exact) mass is 464 g/mol. The Morgan fingerprint density at radius 2 is 1.58 bits per heavy atom. The van der Waals surface area contributed by atoms with Gasteiger partial charge in [0.1, 0.15) is 12.7 Å². The maximum Gasteiger partial charge on any atom is 0.508 e. The number of hydrogen-bond donors (Lipinski definition) is 0. The number of rotatable bonds is 19. The van der Waals surface area contributed by atoms with Gasteiger partial charge in [0.2, 0.25) is 0 Å². The van der Waals surface area contributed by atoms with Gasteiger partial charge in [0, 0.05) is 6.42 Å². The van der Waals surface area contributed by atoms with Crippen LogP contribution in [0, 0.1) is 0 Å². The highest BCUT2D eigenvalue weighted by atomic mass is 16.7. The molecule has 190 valence electrons. The highest BCUT2D eigenvalue weighted by Crippen LogP contribution is 2.15. The lowest BCUT2D eigenvalue weighted by atomic mass is 10.0. The molecule has 1 atom stereocenters. The molecule has 0 aromatic heterocycles. The van der Waals surface area contributed by atoms with Crippen LogP contribution in [0.5, 0.6) is 0 Å². The van der Waals surface area contributed by atoms with Crippen LogP contribution in [0.4, 0.5) is 4.79 Å². The number of hydrogen-bond acceptors (Lipinski definition) is 5. The molecule has 0 aromatic carbocycles. The van der Waals surface area contributed by atoms with E-state index in [1.165, 1.54) is 30.4 Å². The fourth-order valence-electron chi connectivity index (χ4n) is 3.22. The third-order valence-corrected chi connectivity index (χ3v) is 5.24. The average molecular weight is 465 g/mol. The van der Waals surface area contributed by atoms with Crippen molar-refractivity contribution in [3.05, 3.63) is 35.5 Å². The molecule has 0 spiro atoms. The van der Waals surface area contributed by atoms with Gasteiger partial charge in [-0.2, -0.15) is 0 Å². The molecule has 0 saturated heterocycles. The van der Waals surface area contributed by atoms with Crippen molar-refractivity contribution in [2.24, 2.45) is 0 Å². The molecule has 0 aromatic rings. The third-order valence-electron chi connectivity index (χ3n) is 5.24. The summed E-state index contributed by atoms with van der Waals surface area (Å²) in [5.41, 5.74) is 2.53. The quantitative estimate of drug-likeness (QED) is 0.109. The summed E-state index contributed by atoms with van der Waals surface area (Å²) in [7, 11) is 0. The normalized spacial score (nSPS) is 12.5. The summed E-state index contributed by atoms with van der Waals surface area (Å²) < 4.78 is 16.0. The number of ether oxygens (including phenoxy) is 3. The van der Waals surface area contributed by atoms with Crippen LogP contribution >= 0.6 is 0 Å². The minimum absolute atomic E-state index is 0.233. The van der Waals surface area contributed by atoms with Gasteiger partial charge >= 0.3 is 12.1 Å². The van der Waals surface area contributed by atoms with Crippen molar-refractivity contribution < 1.29 is 23.8 Å². The predicted octanol–water partition coefficient (Wildman–Crippen LogP) is 8.24. The molecule has 0 radical (unpaired) electrons. The Morgan fingerprint density at radius 1 is 0.818 bits per heavy atom. The van der Waals surface area contributed by atoms with Gasteiger partial charge in [0.15, 0.2) is 0 Å². The molecule has 0 saturated carbocycles. The Kier molecular flexibility index (Phi) is 20.4. The standard InChI is InChI=1S/C28H48O5/c1-6-8-10-12-13-18-26(33-28(30)32-22-14-11-9-7-2)19-20-27(29)31-23-21-25(5)17-15-16-24(3)4/h9,11,16,21,26H,6-8,10,12-15,17-20,22-23H2,1-5H3/b11-9+,25-21+. The SMILES string of the molecule is CC/C=C/CCOC(=O)OC(CCCCCCC)CCC(=O)OC/C=C(\C)CCC=C(C)C. The number of esters is 1. The molecule has 0 aliphatic carbocycles. The van der Waals surface area contributed by atoms with Gasteiger partial charge in [0.25, 0.3) is 0 Å². The van der Waals surface area contributed by atoms with Crippen molar-refractivity contribution in [2.45, 2.75) is 118 Å². The van der Waals surface area contributed by atoms with E-state index in [0.29, 0.717) is 19.4 Å². The molecule has 0 aliphatic rings. The Morgan fingerprint density at radius 3 is 2.27 bits per heavy atom. The van der Waals surface area contributed by atoms with Gasteiger partial charge in [-0.3, -0.25) is 4.79 Å². The van der Waals surface area contributed by atoms with Crippen molar-refractivity contribution in [1.29, 1.82) is 0 Å². The summed E-state index contributed by atoms with van der Waals surface area (Å²) in [6.45, 7) is 11.1. The van der Waals surface area contributed by atoms with E-state index in [1.54, 1.807) is 0 Å². The van der Waals surface area contributed by atoms with Crippen molar-refractivity contribution in [2.75, 3.05) is 13.2 Å². The summed E-state index contributed by atoms with van der Waals surface area (Å²) in [5.74, 6) is -0.263. The maximum atomic E-state index is 12.2. The fraction of sp³-hybridized carbons (Fsp3) is 0.714. The topological polar surface area (TPSA) is 61.8 Å². The van der Waals surface area contributed by atoms with Gasteiger partial charge < -0.3 is 14.2 Å². The molecule has 5 heteroatoms. The van der Waals surface area contributed by atoms with E-state index in [0.717, 1.165) is 38.5 Å². The molecule has 33 heavy (non-hydrogen) atoms. The zero-order valence-electron chi connectivity index (χ0n) is 21.8. The molecule has 0 amide bonds. The second-order valence-corrected chi connectivity index (χ2v) is 8.80. The summed E-state index contributed by atoms with van der Waals surface area (Å²) in [6, 6.07) is 0. The third kappa shape index (κ3) is 21.6. The molecular weight excluding hydrogens is 416 g/mol. The first-order chi connectivity index (χ1) is 15.9. The Hall–Kier alpha value is -2.04. The lowest BCUT2D eigenvalue weighted by Crippen LogP contribution is -2.21. The Bertz CT molecular complexity index is 599. The Labute approximate surface area is 202 Å². The van der Waals surface area contributed by atoms with Crippen LogP contribution in [-0.4, -0.2) is 31.4 Å². The summed E-state index contributed by atoms with van der Waals surface area (Å²) >= 11 is 0. The number of unbranched alkanes of at least 4 members (excludes halogenated alkanes) is 4. The average Bonchev–Trinajstić information content (AvgIpc) is 2.76. The molecule has 5 nitrogen and oxygen atoms in total. The molecule has 0 N–H and O–H groups in total. The van der Waals surface area contributed by atoms with E-state index in [4.69, 9.17) is 14.2 Å². The van der Waals surface area contributed by atoms with Gasteiger partial charge in [0.05, 0.1) is 6.61 Å². The van der Waals surface area contributed by atoms with Crippen LogP contribution in [0.25, 0.3) is 0 Å². The molecule has 0 bridgehead atoms. The lowest BCUT2D eigenvalue weighted by molar-refractivity contribution is -0.143. The largest absolute Gasteiger partial charge is 0.508 e. The van der Waals surface area contributed by atoms with Crippen LogP contribution in [-0.2, 0) is 19.0 Å². The maximum absolute atomic E-state index is 12.2. The van der Waals surface area contributed by atoms with Crippen LogP contribution < -0.4 is 0 Å². The summed E-state index contributed by atoms with van der Waals surface area (Å²) in [4.78, 5) is 24.2. The number of allylic oxidation sites excluding steroid dienone is 4. The lowest BCUT2D eigenvalue weighted by Gasteiger charge is -2.17. The van der Waals surface area contributed by atoms with E-state index in [1.807, 2.05) is 18.2 Å². The van der Waals surface area contributed by atoms with E-state index in [9.17, 15) is 9.59 Å². The van der Waals surface area contributed by atoms with Crippen molar-refractivity contribution in [3.63, 3.8) is 0 Å². The van der Waals surface area contributed by atoms with Crippen molar-refractivity contribution >= 4 is 12.1 Å². The first-order valence-corrected chi connectivity index (χ1v) is 12.8. The molecular formula is C28H48O5. The Balaban J connectivity index is 4.40. The number of carbonyl (C=O) groups is 2. The molecule has 1 unspecified atom stereocenters. The zero-order chi connectivity index (χ0) is 24.7. The molecule has 0 fully saturated rings. The van der Waals surface area contributed by atoms with E-state index in [-0.39, 0.29) is 25.1 Å². The molecule has 0 aliphatic heterocycles. The highest BCUT2D eigenvalue weighted by molar-refractivity contribution is 5.69. The smallest absolute Gasteiger partial charge is 0.461 e. The number of carbonyl (C=O) groups excluding carboxylic acids is 2. The molecule has 0 heterocycles. The van der Waals surface area contributed by atoms with Gasteiger partial charge in [-0.05, 0) is 71.8 Å². The fourth-order valence-corrected chi connectivity index (χ4v) is 3.22. The predicted molar refractivity (Wildman–Crippen MR) is 136 cm³/mol. The van der Waals surface area contributed by atoms with Crippen molar-refractivity contribution in [3.8, 4) is 0 Å². The van der Waals surface area contributed by atoms with E-state index in [2.05, 4.69) is 40.7 Å². The molecule has 0 rings (SSSR count). The van der Waals surface area contributed by atoms with Crippen LogP contribution in [0.15, 0.2) is 35.5 Å². The van der Waals surface area contributed by atoms with Gasteiger partial charge in [-0.25, -0.2) is 4.79 Å².